The number of benzene rings is 2. The zero-order valence-electron chi connectivity index (χ0n) is 14.1. The molecule has 4 rings (SSSR count). The van der Waals surface area contributed by atoms with Gasteiger partial charge in [0.2, 0.25) is 0 Å². The topological polar surface area (TPSA) is 56.1 Å². The lowest BCUT2D eigenvalue weighted by Crippen LogP contribution is -2.22. The molecule has 1 saturated carbocycles. The average molecular weight is 351 g/mol. The zero-order chi connectivity index (χ0) is 17.9. The molecule has 0 saturated heterocycles. The molecule has 2 aromatic carbocycles. The van der Waals surface area contributed by atoms with Gasteiger partial charge in [0.25, 0.3) is 5.91 Å². The Kier molecular flexibility index (Phi) is 4.39. The number of nitrogens with zero attached hydrogens (tertiary/aromatic N) is 2. The van der Waals surface area contributed by atoms with Crippen LogP contribution in [0.25, 0.3) is 5.69 Å². The summed E-state index contributed by atoms with van der Waals surface area (Å²) in [6.07, 6.45) is 2.24. The van der Waals surface area contributed by atoms with Crippen molar-refractivity contribution in [2.45, 2.75) is 18.8 Å². The van der Waals surface area contributed by atoms with Gasteiger partial charge in [-0.2, -0.15) is 5.10 Å². The lowest BCUT2D eigenvalue weighted by atomic mass is 10.3. The van der Waals surface area contributed by atoms with E-state index >= 15 is 0 Å². The monoisotopic (exact) mass is 351 g/mol. The lowest BCUT2D eigenvalue weighted by molar-refractivity contribution is -0.118. The smallest absolute Gasteiger partial charge is 0.263 e. The number of carbonyl (C=O) groups is 1. The first-order valence-corrected chi connectivity index (χ1v) is 8.53. The van der Waals surface area contributed by atoms with Gasteiger partial charge in [-0.15, -0.1) is 0 Å². The third-order valence-electron chi connectivity index (χ3n) is 4.19. The normalized spacial score (nSPS) is 13.4. The van der Waals surface area contributed by atoms with Crippen molar-refractivity contribution in [2.24, 2.45) is 0 Å². The first-order valence-electron chi connectivity index (χ1n) is 8.53. The van der Waals surface area contributed by atoms with Crippen LogP contribution in [-0.2, 0) is 4.79 Å². The van der Waals surface area contributed by atoms with Crippen molar-refractivity contribution in [1.29, 1.82) is 0 Å². The maximum Gasteiger partial charge on any atom is 0.263 e. The Labute approximate surface area is 150 Å². The Morgan fingerprint density at radius 1 is 1.15 bits per heavy atom. The molecule has 0 unspecified atom stereocenters. The number of carbonyl (C=O) groups excluding carboxylic acids is 1. The van der Waals surface area contributed by atoms with Crippen molar-refractivity contribution in [1.82, 2.24) is 9.78 Å². The second kappa shape index (κ2) is 7.00. The minimum absolute atomic E-state index is 0.0536. The molecular weight excluding hydrogens is 333 g/mol. The van der Waals surface area contributed by atoms with Crippen LogP contribution < -0.4 is 10.1 Å². The van der Waals surface area contributed by atoms with Gasteiger partial charge in [-0.3, -0.25) is 4.79 Å². The number of rotatable bonds is 6. The second-order valence-corrected chi connectivity index (χ2v) is 6.24. The number of anilines is 1. The molecule has 0 radical (unpaired) electrons. The Balaban J connectivity index is 1.50. The molecule has 0 spiro atoms. The summed E-state index contributed by atoms with van der Waals surface area (Å²) in [5.41, 5.74) is 1.84. The van der Waals surface area contributed by atoms with Crippen molar-refractivity contribution >= 4 is 11.7 Å². The lowest BCUT2D eigenvalue weighted by Gasteiger charge is -2.10. The number of amides is 1. The molecule has 1 amide bonds. The van der Waals surface area contributed by atoms with Gasteiger partial charge in [0.15, 0.2) is 18.2 Å². The highest BCUT2D eigenvalue weighted by atomic mass is 19.1. The standard InChI is InChI=1S/C20H18FN3O2/c21-16-8-4-5-9-18(16)26-13-20(25)22-19-12-17(14-10-11-14)23-24(19)15-6-2-1-3-7-15/h1-9,12,14H,10-11,13H2,(H,22,25). The molecule has 1 aliphatic carbocycles. The maximum atomic E-state index is 13.6. The summed E-state index contributed by atoms with van der Waals surface area (Å²) in [7, 11) is 0. The highest BCUT2D eigenvalue weighted by molar-refractivity contribution is 5.91. The van der Waals surface area contributed by atoms with Crippen LogP contribution >= 0.6 is 0 Å². The summed E-state index contributed by atoms with van der Waals surface area (Å²) in [4.78, 5) is 12.3. The molecule has 0 bridgehead atoms. The molecule has 1 fully saturated rings. The summed E-state index contributed by atoms with van der Waals surface area (Å²) < 4.78 is 20.6. The first kappa shape index (κ1) is 16.3. The number of nitrogens with one attached hydrogen (secondary N) is 1. The molecular formula is C20H18FN3O2. The van der Waals surface area contributed by atoms with Crippen molar-refractivity contribution in [3.8, 4) is 11.4 Å². The van der Waals surface area contributed by atoms with Gasteiger partial charge in [-0.1, -0.05) is 30.3 Å². The average Bonchev–Trinajstić information content (AvgIpc) is 3.43. The van der Waals surface area contributed by atoms with Crippen LogP contribution in [0.3, 0.4) is 0 Å². The minimum atomic E-state index is -0.495. The van der Waals surface area contributed by atoms with E-state index in [-0.39, 0.29) is 18.3 Å². The molecule has 6 heteroatoms. The van der Waals surface area contributed by atoms with E-state index in [1.807, 2.05) is 36.4 Å². The predicted octanol–water partition coefficient (Wildman–Crippen LogP) is 3.91. The Hall–Kier alpha value is -3.15. The van der Waals surface area contributed by atoms with E-state index in [0.717, 1.165) is 24.2 Å². The molecule has 3 aromatic rings. The minimum Gasteiger partial charge on any atom is -0.481 e. The Morgan fingerprint density at radius 2 is 1.88 bits per heavy atom. The van der Waals surface area contributed by atoms with Gasteiger partial charge >= 0.3 is 0 Å². The quantitative estimate of drug-likeness (QED) is 0.733. The fourth-order valence-electron chi connectivity index (χ4n) is 2.72. The van der Waals surface area contributed by atoms with Crippen LogP contribution in [0.15, 0.2) is 60.7 Å². The summed E-state index contributed by atoms with van der Waals surface area (Å²) >= 11 is 0. The van der Waals surface area contributed by atoms with Crippen LogP contribution in [0.4, 0.5) is 10.2 Å². The number of aromatic nitrogens is 2. The van der Waals surface area contributed by atoms with Crippen molar-refractivity contribution in [2.75, 3.05) is 11.9 Å². The Bertz CT molecular complexity index is 920. The summed E-state index contributed by atoms with van der Waals surface area (Å²) in [6, 6.07) is 17.5. The largest absolute Gasteiger partial charge is 0.481 e. The van der Waals surface area contributed by atoms with Gasteiger partial charge in [0.1, 0.15) is 5.82 Å². The molecule has 1 heterocycles. The van der Waals surface area contributed by atoms with E-state index < -0.39 is 5.82 Å². The summed E-state index contributed by atoms with van der Waals surface area (Å²) in [6.45, 7) is -0.278. The van der Waals surface area contributed by atoms with E-state index in [2.05, 4.69) is 10.4 Å². The third kappa shape index (κ3) is 3.59. The molecule has 1 N–H and O–H groups in total. The molecule has 132 valence electrons. The molecule has 26 heavy (non-hydrogen) atoms. The van der Waals surface area contributed by atoms with Gasteiger partial charge in [0.05, 0.1) is 11.4 Å². The van der Waals surface area contributed by atoms with Crippen LogP contribution in [0.1, 0.15) is 24.5 Å². The van der Waals surface area contributed by atoms with Crippen LogP contribution in [0.2, 0.25) is 0 Å². The van der Waals surface area contributed by atoms with E-state index in [4.69, 9.17) is 4.74 Å². The molecule has 5 nitrogen and oxygen atoms in total. The maximum absolute atomic E-state index is 13.6. The van der Waals surface area contributed by atoms with Crippen LogP contribution in [0, 0.1) is 5.82 Å². The summed E-state index contributed by atoms with van der Waals surface area (Å²) in [5, 5.41) is 7.44. The van der Waals surface area contributed by atoms with Crippen LogP contribution in [-0.4, -0.2) is 22.3 Å². The third-order valence-corrected chi connectivity index (χ3v) is 4.19. The van der Waals surface area contributed by atoms with Gasteiger partial charge in [0, 0.05) is 12.0 Å². The number of ether oxygens (including phenoxy) is 1. The molecule has 0 aliphatic heterocycles. The number of hydrogen-bond donors (Lipinski definition) is 1. The second-order valence-electron chi connectivity index (χ2n) is 6.24. The van der Waals surface area contributed by atoms with Crippen molar-refractivity contribution in [3.63, 3.8) is 0 Å². The van der Waals surface area contributed by atoms with E-state index in [1.165, 1.54) is 12.1 Å². The Morgan fingerprint density at radius 3 is 2.62 bits per heavy atom. The molecule has 1 aromatic heterocycles. The van der Waals surface area contributed by atoms with Gasteiger partial charge < -0.3 is 10.1 Å². The highest BCUT2D eigenvalue weighted by Gasteiger charge is 2.28. The number of halogens is 1. The number of para-hydroxylation sites is 2. The first-order chi connectivity index (χ1) is 12.7. The van der Waals surface area contributed by atoms with Crippen LogP contribution in [0.5, 0.6) is 5.75 Å². The zero-order valence-corrected chi connectivity index (χ0v) is 14.1. The van der Waals surface area contributed by atoms with Gasteiger partial charge in [-0.25, -0.2) is 9.07 Å². The van der Waals surface area contributed by atoms with E-state index in [1.54, 1.807) is 16.8 Å². The van der Waals surface area contributed by atoms with Crippen molar-refractivity contribution in [3.05, 3.63) is 72.2 Å². The molecule has 1 aliphatic rings. The van der Waals surface area contributed by atoms with Gasteiger partial charge in [-0.05, 0) is 37.1 Å². The van der Waals surface area contributed by atoms with Crippen molar-refractivity contribution < 1.29 is 13.9 Å². The number of hydrogen-bond acceptors (Lipinski definition) is 3. The highest BCUT2D eigenvalue weighted by Crippen LogP contribution is 2.40. The fourth-order valence-corrected chi connectivity index (χ4v) is 2.72. The fraction of sp³-hybridized carbons (Fsp3) is 0.200. The summed E-state index contributed by atoms with van der Waals surface area (Å²) in [5.74, 6) is 0.238. The predicted molar refractivity (Wildman–Crippen MR) is 96.1 cm³/mol. The SMILES string of the molecule is O=C(COc1ccccc1F)Nc1cc(C2CC2)nn1-c1ccccc1. The van der Waals surface area contributed by atoms with E-state index in [0.29, 0.717) is 11.7 Å². The van der Waals surface area contributed by atoms with E-state index in [9.17, 15) is 9.18 Å². The molecule has 0 atom stereocenters.